The van der Waals surface area contributed by atoms with Crippen molar-refractivity contribution in [2.45, 2.75) is 24.5 Å². The van der Waals surface area contributed by atoms with Gasteiger partial charge in [0.1, 0.15) is 5.82 Å². The van der Waals surface area contributed by atoms with Crippen LogP contribution in [0, 0.1) is 12.7 Å². The molecule has 0 aromatic heterocycles. The lowest BCUT2D eigenvalue weighted by atomic mass is 10.1. The molecule has 0 saturated carbocycles. The summed E-state index contributed by atoms with van der Waals surface area (Å²) in [5, 5.41) is 9.08. The highest BCUT2D eigenvalue weighted by molar-refractivity contribution is 7.89. The van der Waals surface area contributed by atoms with E-state index in [9.17, 15) is 12.8 Å². The molecule has 21 heavy (non-hydrogen) atoms. The maximum Gasteiger partial charge on any atom is 0.240 e. The monoisotopic (exact) mass is 319 g/mol. The smallest absolute Gasteiger partial charge is 0.240 e. The first-order chi connectivity index (χ1) is 9.94. The minimum atomic E-state index is -3.79. The summed E-state index contributed by atoms with van der Waals surface area (Å²) >= 11 is 0. The first-order valence-corrected chi connectivity index (χ1v) is 8.01. The summed E-state index contributed by atoms with van der Waals surface area (Å²) in [6, 6.07) is 2.36. The van der Waals surface area contributed by atoms with Gasteiger partial charge in [-0.2, -0.15) is 0 Å². The molecule has 1 aliphatic heterocycles. The van der Waals surface area contributed by atoms with Crippen LogP contribution in [0.5, 0.6) is 0 Å². The number of nitrogens with one attached hydrogen (secondary N) is 1. The minimum absolute atomic E-state index is 0.0485. The summed E-state index contributed by atoms with van der Waals surface area (Å²) in [6.45, 7) is 2.22. The number of ether oxygens (including phenoxy) is 2. The van der Waals surface area contributed by atoms with Crippen LogP contribution in [-0.2, 0) is 26.1 Å². The van der Waals surface area contributed by atoms with Gasteiger partial charge in [0.15, 0.2) is 0 Å². The molecule has 1 fully saturated rings. The van der Waals surface area contributed by atoms with Crippen LogP contribution in [0.2, 0.25) is 0 Å². The Bertz CT molecular complexity index is 599. The van der Waals surface area contributed by atoms with Crippen molar-refractivity contribution in [2.75, 3.05) is 26.4 Å². The SMILES string of the molecule is Cc1cc(S(=O)(=O)NCC2COCCO2)cc(CO)c1F. The van der Waals surface area contributed by atoms with Crippen molar-refractivity contribution < 1.29 is 27.4 Å². The molecule has 1 unspecified atom stereocenters. The number of aryl methyl sites for hydroxylation is 1. The first-order valence-electron chi connectivity index (χ1n) is 6.53. The van der Waals surface area contributed by atoms with Crippen LogP contribution in [0.25, 0.3) is 0 Å². The molecule has 118 valence electrons. The van der Waals surface area contributed by atoms with Crippen molar-refractivity contribution in [3.8, 4) is 0 Å². The summed E-state index contributed by atoms with van der Waals surface area (Å²) < 4.78 is 51.0. The highest BCUT2D eigenvalue weighted by atomic mass is 32.2. The molecule has 2 rings (SSSR count). The van der Waals surface area contributed by atoms with E-state index in [1.807, 2.05) is 0 Å². The summed E-state index contributed by atoms with van der Waals surface area (Å²) in [5.41, 5.74) is 0.117. The van der Waals surface area contributed by atoms with E-state index in [2.05, 4.69) is 4.72 Å². The van der Waals surface area contributed by atoms with E-state index in [0.717, 1.165) is 6.07 Å². The molecular weight excluding hydrogens is 301 g/mol. The molecule has 1 aromatic carbocycles. The van der Waals surface area contributed by atoms with Crippen LogP contribution in [-0.4, -0.2) is 46.0 Å². The topological polar surface area (TPSA) is 84.9 Å². The highest BCUT2D eigenvalue weighted by Gasteiger charge is 2.21. The molecule has 0 aliphatic carbocycles. The van der Waals surface area contributed by atoms with E-state index >= 15 is 0 Å². The number of hydrogen-bond donors (Lipinski definition) is 2. The van der Waals surface area contributed by atoms with Crippen molar-refractivity contribution in [2.24, 2.45) is 0 Å². The number of rotatable bonds is 5. The largest absolute Gasteiger partial charge is 0.392 e. The van der Waals surface area contributed by atoms with Crippen molar-refractivity contribution in [3.05, 3.63) is 29.1 Å². The number of hydrogen-bond acceptors (Lipinski definition) is 5. The van der Waals surface area contributed by atoms with Crippen LogP contribution in [0.3, 0.4) is 0 Å². The molecule has 1 atom stereocenters. The van der Waals surface area contributed by atoms with Crippen molar-refractivity contribution >= 4 is 10.0 Å². The molecule has 8 heteroatoms. The Morgan fingerprint density at radius 2 is 2.19 bits per heavy atom. The van der Waals surface area contributed by atoms with Gasteiger partial charge in [-0.05, 0) is 24.6 Å². The Hall–Kier alpha value is -1.06. The Morgan fingerprint density at radius 3 is 2.81 bits per heavy atom. The standard InChI is InChI=1S/C13H18FNO5S/c1-9-4-12(5-10(7-16)13(9)14)21(17,18)15-6-11-8-19-2-3-20-11/h4-5,11,15-16H,2-3,6-8H2,1H3. The highest BCUT2D eigenvalue weighted by Crippen LogP contribution is 2.19. The first kappa shape index (κ1) is 16.3. The van der Waals surface area contributed by atoms with Gasteiger partial charge < -0.3 is 14.6 Å². The summed E-state index contributed by atoms with van der Waals surface area (Å²) in [4.78, 5) is -0.0813. The molecule has 1 aliphatic rings. The van der Waals surface area contributed by atoms with E-state index in [0.29, 0.717) is 19.8 Å². The van der Waals surface area contributed by atoms with Gasteiger partial charge in [-0.1, -0.05) is 0 Å². The molecule has 0 spiro atoms. The third kappa shape index (κ3) is 3.98. The molecule has 1 saturated heterocycles. The third-order valence-electron chi connectivity index (χ3n) is 3.17. The number of aliphatic hydroxyl groups excluding tert-OH is 1. The second-order valence-corrected chi connectivity index (χ2v) is 6.56. The maximum absolute atomic E-state index is 13.6. The third-order valence-corrected chi connectivity index (χ3v) is 4.57. The quantitative estimate of drug-likeness (QED) is 0.816. The fourth-order valence-corrected chi connectivity index (χ4v) is 3.22. The molecule has 0 bridgehead atoms. The van der Waals surface area contributed by atoms with Crippen molar-refractivity contribution in [1.82, 2.24) is 4.72 Å². The Morgan fingerprint density at radius 1 is 1.43 bits per heavy atom. The predicted octanol–water partition coefficient (Wildman–Crippen LogP) is 0.320. The lowest BCUT2D eigenvalue weighted by Gasteiger charge is -2.23. The van der Waals surface area contributed by atoms with Crippen LogP contribution >= 0.6 is 0 Å². The minimum Gasteiger partial charge on any atom is -0.392 e. The molecular formula is C13H18FNO5S. The molecule has 0 amide bonds. The zero-order valence-electron chi connectivity index (χ0n) is 11.6. The normalized spacial score (nSPS) is 19.7. The van der Waals surface area contributed by atoms with Gasteiger partial charge in [-0.25, -0.2) is 17.5 Å². The van der Waals surface area contributed by atoms with Gasteiger partial charge in [0, 0.05) is 12.1 Å². The number of benzene rings is 1. The van der Waals surface area contributed by atoms with Gasteiger partial charge in [-0.15, -0.1) is 0 Å². The van der Waals surface area contributed by atoms with Crippen molar-refractivity contribution in [1.29, 1.82) is 0 Å². The fourth-order valence-electron chi connectivity index (χ4n) is 2.02. The Balaban J connectivity index is 2.13. The summed E-state index contributed by atoms with van der Waals surface area (Å²) in [7, 11) is -3.79. The number of halogens is 1. The van der Waals surface area contributed by atoms with Crippen molar-refractivity contribution in [3.63, 3.8) is 0 Å². The number of aliphatic hydroxyl groups is 1. The van der Waals surface area contributed by atoms with E-state index in [4.69, 9.17) is 14.6 Å². The van der Waals surface area contributed by atoms with E-state index in [1.165, 1.54) is 13.0 Å². The second-order valence-electron chi connectivity index (χ2n) is 4.79. The average Bonchev–Trinajstić information content (AvgIpc) is 2.49. The fraction of sp³-hybridized carbons (Fsp3) is 0.538. The summed E-state index contributed by atoms with van der Waals surface area (Å²) in [5.74, 6) is -0.597. The lowest BCUT2D eigenvalue weighted by molar-refractivity contribution is -0.0846. The Labute approximate surface area is 122 Å². The molecule has 0 radical (unpaired) electrons. The van der Waals surface area contributed by atoms with E-state index in [-0.39, 0.29) is 28.7 Å². The Kier molecular flexibility index (Phi) is 5.28. The maximum atomic E-state index is 13.6. The molecule has 1 heterocycles. The predicted molar refractivity (Wildman–Crippen MR) is 72.8 cm³/mol. The van der Waals surface area contributed by atoms with Gasteiger partial charge in [0.25, 0.3) is 0 Å². The van der Waals surface area contributed by atoms with E-state index < -0.39 is 22.4 Å². The van der Waals surface area contributed by atoms with Crippen LogP contribution in [0.4, 0.5) is 4.39 Å². The van der Waals surface area contributed by atoms with E-state index in [1.54, 1.807) is 0 Å². The van der Waals surface area contributed by atoms with Gasteiger partial charge in [-0.3, -0.25) is 0 Å². The molecule has 1 aromatic rings. The van der Waals surface area contributed by atoms with Crippen LogP contribution in [0.1, 0.15) is 11.1 Å². The van der Waals surface area contributed by atoms with Gasteiger partial charge in [0.2, 0.25) is 10.0 Å². The average molecular weight is 319 g/mol. The number of sulfonamides is 1. The molecule has 2 N–H and O–H groups in total. The second kappa shape index (κ2) is 6.80. The zero-order chi connectivity index (χ0) is 15.5. The van der Waals surface area contributed by atoms with Gasteiger partial charge >= 0.3 is 0 Å². The zero-order valence-corrected chi connectivity index (χ0v) is 12.5. The van der Waals surface area contributed by atoms with Crippen LogP contribution in [0.15, 0.2) is 17.0 Å². The lowest BCUT2D eigenvalue weighted by Crippen LogP contribution is -2.39. The van der Waals surface area contributed by atoms with Crippen LogP contribution < -0.4 is 4.72 Å². The summed E-state index contributed by atoms with van der Waals surface area (Å²) in [6.07, 6.45) is -0.340. The molecule has 6 nitrogen and oxygen atoms in total. The van der Waals surface area contributed by atoms with Gasteiger partial charge in [0.05, 0.1) is 37.4 Å².